The molecular formula is C13H14F3N3O7S2. The molecule has 0 spiro atoms. The van der Waals surface area contributed by atoms with Crippen LogP contribution in [0.1, 0.15) is 6.42 Å². The monoisotopic (exact) mass is 445 g/mol. The Bertz CT molecular complexity index is 1010. The number of rotatable bonds is 6. The van der Waals surface area contributed by atoms with Gasteiger partial charge in [0.15, 0.2) is 9.84 Å². The molecule has 0 aliphatic carbocycles. The molecule has 0 aromatic heterocycles. The van der Waals surface area contributed by atoms with Gasteiger partial charge in [-0.05, 0) is 18.6 Å². The molecule has 1 fully saturated rings. The number of amides is 1. The number of halogens is 3. The number of alkyl halides is 3. The molecule has 1 aromatic carbocycles. The molecule has 0 unspecified atom stereocenters. The highest BCUT2D eigenvalue weighted by Crippen LogP contribution is 2.34. The number of hydrogen-bond acceptors (Lipinski definition) is 8. The molecule has 10 nitrogen and oxygen atoms in total. The molecule has 1 atom stereocenters. The summed E-state index contributed by atoms with van der Waals surface area (Å²) in [6.45, 7) is -0.539. The number of carbonyl (C=O) groups is 1. The first-order chi connectivity index (χ1) is 12.7. The van der Waals surface area contributed by atoms with Crippen LogP contribution in [-0.4, -0.2) is 57.3 Å². The number of nitro groups is 1. The summed E-state index contributed by atoms with van der Waals surface area (Å²) in [5.41, 5.74) is -6.97. The third-order valence-electron chi connectivity index (χ3n) is 3.82. The molecule has 15 heteroatoms. The van der Waals surface area contributed by atoms with E-state index >= 15 is 0 Å². The lowest BCUT2D eigenvalue weighted by molar-refractivity contribution is -0.384. The van der Waals surface area contributed by atoms with E-state index in [1.165, 1.54) is 0 Å². The molecule has 1 saturated heterocycles. The second kappa shape index (κ2) is 7.54. The lowest BCUT2D eigenvalue weighted by atomic mass is 10.2. The maximum absolute atomic E-state index is 12.6. The molecule has 2 rings (SSSR count). The van der Waals surface area contributed by atoms with Gasteiger partial charge in [0.25, 0.3) is 15.5 Å². The van der Waals surface area contributed by atoms with Gasteiger partial charge in [0.05, 0.1) is 27.9 Å². The molecule has 0 bridgehead atoms. The van der Waals surface area contributed by atoms with Gasteiger partial charge in [-0.3, -0.25) is 14.9 Å². The van der Waals surface area contributed by atoms with E-state index in [-0.39, 0.29) is 29.7 Å². The van der Waals surface area contributed by atoms with E-state index in [0.29, 0.717) is 6.07 Å². The molecule has 2 N–H and O–H groups in total. The Morgan fingerprint density at radius 3 is 2.46 bits per heavy atom. The number of carbonyl (C=O) groups excluding carboxylic acids is 1. The first-order valence-electron chi connectivity index (χ1n) is 7.56. The highest BCUT2D eigenvalue weighted by molar-refractivity contribution is 7.92. The number of anilines is 1. The normalized spacial score (nSPS) is 19.2. The number of hydrogen-bond donors (Lipinski definition) is 2. The van der Waals surface area contributed by atoms with Crippen molar-refractivity contribution in [2.24, 2.45) is 0 Å². The SMILES string of the molecule is O=C(CNc1ccc(S(=O)(=O)C(F)(F)F)cc1[N+](=O)[O-])N[C@@H]1CCS(=O)(=O)C1. The third kappa shape index (κ3) is 4.89. The van der Waals surface area contributed by atoms with E-state index in [1.54, 1.807) is 0 Å². The highest BCUT2D eigenvalue weighted by atomic mass is 32.2. The fourth-order valence-corrected chi connectivity index (χ4v) is 4.93. The fraction of sp³-hybridized carbons (Fsp3) is 0.462. The minimum atomic E-state index is -5.78. The minimum absolute atomic E-state index is 0.0774. The van der Waals surface area contributed by atoms with Crippen molar-refractivity contribution in [3.63, 3.8) is 0 Å². The Morgan fingerprint density at radius 2 is 1.96 bits per heavy atom. The van der Waals surface area contributed by atoms with Crippen LogP contribution in [0.2, 0.25) is 0 Å². The van der Waals surface area contributed by atoms with Crippen molar-refractivity contribution in [3.05, 3.63) is 28.3 Å². The quantitative estimate of drug-likeness (QED) is 0.477. The van der Waals surface area contributed by atoms with Gasteiger partial charge in [-0.15, -0.1) is 0 Å². The zero-order valence-electron chi connectivity index (χ0n) is 13.9. The van der Waals surface area contributed by atoms with Gasteiger partial charge in [0, 0.05) is 12.1 Å². The van der Waals surface area contributed by atoms with Crippen molar-refractivity contribution in [2.75, 3.05) is 23.4 Å². The number of nitro benzene ring substituents is 1. The Hall–Kier alpha value is -2.42. The van der Waals surface area contributed by atoms with E-state index < -0.39 is 59.2 Å². The smallest absolute Gasteiger partial charge is 0.371 e. The van der Waals surface area contributed by atoms with Crippen LogP contribution in [0.4, 0.5) is 24.5 Å². The second-order valence-electron chi connectivity index (χ2n) is 5.91. The lowest BCUT2D eigenvalue weighted by Gasteiger charge is -2.13. The molecule has 156 valence electrons. The van der Waals surface area contributed by atoms with Gasteiger partial charge in [0.2, 0.25) is 5.91 Å². The van der Waals surface area contributed by atoms with Crippen LogP contribution in [-0.2, 0) is 24.5 Å². The molecule has 1 heterocycles. The first kappa shape index (κ1) is 21.9. The maximum Gasteiger partial charge on any atom is 0.501 e. The molecule has 1 amide bonds. The molecule has 28 heavy (non-hydrogen) atoms. The van der Waals surface area contributed by atoms with Crippen LogP contribution in [0.25, 0.3) is 0 Å². The van der Waals surface area contributed by atoms with E-state index in [2.05, 4.69) is 10.6 Å². The van der Waals surface area contributed by atoms with Crippen molar-refractivity contribution in [3.8, 4) is 0 Å². The number of sulfone groups is 2. The van der Waals surface area contributed by atoms with E-state index in [0.717, 1.165) is 6.07 Å². The van der Waals surface area contributed by atoms with Crippen LogP contribution >= 0.6 is 0 Å². The number of nitrogens with one attached hydrogen (secondary N) is 2. The average molecular weight is 445 g/mol. The summed E-state index contributed by atoms with van der Waals surface area (Å²) in [5.74, 6) is -1.00. The van der Waals surface area contributed by atoms with Crippen LogP contribution in [0, 0.1) is 10.1 Å². The Labute approximate surface area is 157 Å². The number of benzene rings is 1. The molecule has 1 aliphatic rings. The Kier molecular flexibility index (Phi) is 5.89. The topological polar surface area (TPSA) is 153 Å². The zero-order valence-corrected chi connectivity index (χ0v) is 15.5. The summed E-state index contributed by atoms with van der Waals surface area (Å²) in [6, 6.07) is 0.907. The molecular weight excluding hydrogens is 431 g/mol. The molecule has 1 aliphatic heterocycles. The standard InChI is InChI=1S/C13H14F3N3O7S2/c14-13(15,16)28(25,26)9-1-2-10(11(5-9)19(21)22)17-6-12(20)18-8-3-4-27(23,24)7-8/h1-2,5,8,17H,3-4,6-7H2,(H,18,20)/t8-/m1/s1. The van der Waals surface area contributed by atoms with E-state index in [1.807, 2.05) is 0 Å². The molecule has 0 radical (unpaired) electrons. The van der Waals surface area contributed by atoms with E-state index in [9.17, 15) is 44.9 Å². The highest BCUT2D eigenvalue weighted by Gasteiger charge is 2.47. The van der Waals surface area contributed by atoms with Gasteiger partial charge >= 0.3 is 5.51 Å². The summed E-state index contributed by atoms with van der Waals surface area (Å²) in [6.07, 6.45) is 0.220. The molecule has 1 aromatic rings. The summed E-state index contributed by atoms with van der Waals surface area (Å²) in [5, 5.41) is 15.8. The van der Waals surface area contributed by atoms with Gasteiger partial charge in [0.1, 0.15) is 5.69 Å². The summed E-state index contributed by atoms with van der Waals surface area (Å²) in [4.78, 5) is 20.5. The minimum Gasteiger partial charge on any atom is -0.371 e. The number of nitrogens with zero attached hydrogens (tertiary/aromatic N) is 1. The van der Waals surface area contributed by atoms with Crippen molar-refractivity contribution in [1.82, 2.24) is 5.32 Å². The Morgan fingerprint density at radius 1 is 1.32 bits per heavy atom. The predicted molar refractivity (Wildman–Crippen MR) is 90.0 cm³/mol. The van der Waals surface area contributed by atoms with Crippen molar-refractivity contribution < 1.29 is 39.7 Å². The largest absolute Gasteiger partial charge is 0.501 e. The second-order valence-corrected chi connectivity index (χ2v) is 10.1. The van der Waals surface area contributed by atoms with Crippen LogP contribution < -0.4 is 10.6 Å². The van der Waals surface area contributed by atoms with Crippen molar-refractivity contribution in [1.29, 1.82) is 0 Å². The van der Waals surface area contributed by atoms with Gasteiger partial charge in [-0.1, -0.05) is 0 Å². The van der Waals surface area contributed by atoms with Crippen LogP contribution in [0.3, 0.4) is 0 Å². The first-order valence-corrected chi connectivity index (χ1v) is 10.9. The van der Waals surface area contributed by atoms with Gasteiger partial charge in [-0.25, -0.2) is 16.8 Å². The lowest BCUT2D eigenvalue weighted by Crippen LogP contribution is -2.39. The van der Waals surface area contributed by atoms with Crippen LogP contribution in [0.15, 0.2) is 23.1 Å². The third-order valence-corrected chi connectivity index (χ3v) is 7.07. The van der Waals surface area contributed by atoms with Crippen molar-refractivity contribution in [2.45, 2.75) is 22.9 Å². The Balaban J connectivity index is 2.13. The summed E-state index contributed by atoms with van der Waals surface area (Å²) < 4.78 is 83.2. The van der Waals surface area contributed by atoms with Crippen molar-refractivity contribution >= 4 is 37.0 Å². The van der Waals surface area contributed by atoms with Crippen LogP contribution in [0.5, 0.6) is 0 Å². The van der Waals surface area contributed by atoms with Gasteiger partial charge < -0.3 is 10.6 Å². The van der Waals surface area contributed by atoms with E-state index in [4.69, 9.17) is 0 Å². The average Bonchev–Trinajstić information content (AvgIpc) is 2.90. The predicted octanol–water partition coefficient (Wildman–Crippen LogP) is 0.603. The summed E-state index contributed by atoms with van der Waals surface area (Å²) >= 11 is 0. The van der Waals surface area contributed by atoms with Gasteiger partial charge in [-0.2, -0.15) is 13.2 Å². The zero-order chi connectivity index (χ0) is 21.3. The fourth-order valence-electron chi connectivity index (χ4n) is 2.48. The molecule has 0 saturated carbocycles. The maximum atomic E-state index is 12.6. The summed E-state index contributed by atoms with van der Waals surface area (Å²) in [7, 11) is -9.01.